The topological polar surface area (TPSA) is 82.9 Å². The van der Waals surface area contributed by atoms with E-state index < -0.39 is 0 Å². The Labute approximate surface area is 155 Å². The number of nitriles is 1. The monoisotopic (exact) mass is 363 g/mol. The normalized spacial score (nSPS) is 10.4. The summed E-state index contributed by atoms with van der Waals surface area (Å²) in [5, 5.41) is 14.1. The zero-order chi connectivity index (χ0) is 18.4. The summed E-state index contributed by atoms with van der Waals surface area (Å²) in [6.45, 7) is -0.0383. The third kappa shape index (κ3) is 4.52. The third-order valence-corrected chi connectivity index (χ3v) is 4.94. The number of carbonyl (C=O) groups excluding carboxylic acids is 2. The molecule has 1 heterocycles. The minimum atomic E-state index is -0.241. The summed E-state index contributed by atoms with van der Waals surface area (Å²) in [5.41, 5.74) is 1.07. The molecule has 130 valence electrons. The number of rotatable bonds is 7. The molecule has 0 radical (unpaired) electrons. The van der Waals surface area contributed by atoms with E-state index in [1.807, 2.05) is 24.3 Å². The van der Waals surface area contributed by atoms with E-state index in [4.69, 9.17) is 5.26 Å². The van der Waals surface area contributed by atoms with Crippen molar-refractivity contribution in [3.05, 3.63) is 53.7 Å². The smallest absolute Gasteiger partial charge is 0.227 e. The molecule has 0 aliphatic rings. The molecule has 0 spiro atoms. The highest BCUT2D eigenvalue weighted by molar-refractivity contribution is 7.15. The van der Waals surface area contributed by atoms with E-state index in [0.29, 0.717) is 5.01 Å². The molecule has 0 unspecified atom stereocenters. The van der Waals surface area contributed by atoms with Crippen molar-refractivity contribution >= 4 is 33.8 Å². The van der Waals surface area contributed by atoms with Crippen LogP contribution in [0.15, 0.2) is 48.7 Å². The number of Topliss-reactive ketones (excluding diaryl/α,β-unsaturated/α-hetero) is 1. The lowest BCUT2D eigenvalue weighted by atomic mass is 10.1. The van der Waals surface area contributed by atoms with Crippen molar-refractivity contribution < 1.29 is 9.59 Å². The maximum atomic E-state index is 11.9. The molecule has 2 aromatic carbocycles. The summed E-state index contributed by atoms with van der Waals surface area (Å²) in [5.74, 6) is -0.384. The average Bonchev–Trinajstić information content (AvgIpc) is 3.12. The van der Waals surface area contributed by atoms with Crippen LogP contribution in [0, 0.1) is 11.3 Å². The van der Waals surface area contributed by atoms with E-state index in [2.05, 4.69) is 34.6 Å². The van der Waals surface area contributed by atoms with Crippen molar-refractivity contribution in [1.82, 2.24) is 10.3 Å². The predicted octanol–water partition coefficient (Wildman–Crippen LogP) is 3.49. The molecule has 1 aromatic heterocycles. The molecule has 3 aromatic rings. The maximum Gasteiger partial charge on any atom is 0.227 e. The number of fused-ring (bicyclic) bond motifs is 1. The molecule has 0 atom stereocenters. The van der Waals surface area contributed by atoms with E-state index in [1.165, 1.54) is 16.7 Å². The van der Waals surface area contributed by atoms with Crippen LogP contribution in [-0.2, 0) is 16.0 Å². The van der Waals surface area contributed by atoms with Crippen LogP contribution in [0.5, 0.6) is 0 Å². The number of aromatic nitrogens is 1. The number of carbonyl (C=O) groups is 2. The molecule has 1 amide bonds. The first-order chi connectivity index (χ1) is 12.7. The van der Waals surface area contributed by atoms with Gasteiger partial charge in [0.2, 0.25) is 5.91 Å². The van der Waals surface area contributed by atoms with Gasteiger partial charge in [-0.3, -0.25) is 9.59 Å². The third-order valence-electron chi connectivity index (χ3n) is 3.90. The van der Waals surface area contributed by atoms with Gasteiger partial charge in [0.15, 0.2) is 5.78 Å². The first-order valence-electron chi connectivity index (χ1n) is 8.25. The summed E-state index contributed by atoms with van der Waals surface area (Å²) in [6, 6.07) is 16.3. The van der Waals surface area contributed by atoms with Crippen molar-refractivity contribution in [2.75, 3.05) is 6.54 Å². The average molecular weight is 363 g/mol. The predicted molar refractivity (Wildman–Crippen MR) is 102 cm³/mol. The summed E-state index contributed by atoms with van der Waals surface area (Å²) in [7, 11) is 0. The molecular formula is C20H17N3O2S. The second kappa shape index (κ2) is 8.37. The Morgan fingerprint density at radius 1 is 1.15 bits per heavy atom. The highest BCUT2D eigenvalue weighted by atomic mass is 32.1. The number of nitrogens with zero attached hydrogens (tertiary/aromatic N) is 2. The van der Waals surface area contributed by atoms with Crippen LogP contribution >= 0.6 is 11.3 Å². The van der Waals surface area contributed by atoms with Crippen LogP contribution in [0.4, 0.5) is 0 Å². The lowest BCUT2D eigenvalue weighted by Crippen LogP contribution is -2.30. The minimum Gasteiger partial charge on any atom is -0.349 e. The van der Waals surface area contributed by atoms with Gasteiger partial charge in [0.25, 0.3) is 0 Å². The number of hydrogen-bond acceptors (Lipinski definition) is 5. The van der Waals surface area contributed by atoms with Crippen molar-refractivity contribution in [3.8, 4) is 16.5 Å². The van der Waals surface area contributed by atoms with Crippen molar-refractivity contribution in [2.24, 2.45) is 0 Å². The molecule has 0 saturated heterocycles. The Bertz CT molecular complexity index is 988. The van der Waals surface area contributed by atoms with Crippen molar-refractivity contribution in [2.45, 2.75) is 19.3 Å². The fourth-order valence-electron chi connectivity index (χ4n) is 2.55. The van der Waals surface area contributed by atoms with E-state index >= 15 is 0 Å². The fraction of sp³-hybridized carbons (Fsp3) is 0.200. The van der Waals surface area contributed by atoms with Gasteiger partial charge in [-0.25, -0.2) is 4.98 Å². The Kier molecular flexibility index (Phi) is 5.72. The summed E-state index contributed by atoms with van der Waals surface area (Å²) in [6.07, 6.45) is 2.26. The van der Waals surface area contributed by atoms with Gasteiger partial charge in [-0.2, -0.15) is 5.26 Å². The number of ketones is 1. The number of nitrogens with one attached hydrogen (secondary N) is 1. The van der Waals surface area contributed by atoms with Gasteiger partial charge in [0.05, 0.1) is 23.9 Å². The molecule has 26 heavy (non-hydrogen) atoms. The molecule has 0 aliphatic heterocycles. The molecule has 0 aliphatic carbocycles. The second-order valence-electron chi connectivity index (χ2n) is 5.83. The number of hydrogen-bond donors (Lipinski definition) is 1. The maximum absolute atomic E-state index is 11.9. The Morgan fingerprint density at radius 2 is 1.96 bits per heavy atom. The molecule has 1 N–H and O–H groups in total. The zero-order valence-electron chi connectivity index (χ0n) is 14.1. The molecule has 0 fully saturated rings. The molecule has 6 heteroatoms. The van der Waals surface area contributed by atoms with E-state index in [9.17, 15) is 9.59 Å². The van der Waals surface area contributed by atoms with E-state index in [0.717, 1.165) is 15.8 Å². The number of thiazole rings is 1. The van der Waals surface area contributed by atoms with Crippen LogP contribution < -0.4 is 5.32 Å². The van der Waals surface area contributed by atoms with Crippen molar-refractivity contribution in [3.63, 3.8) is 0 Å². The zero-order valence-corrected chi connectivity index (χ0v) is 14.9. The van der Waals surface area contributed by atoms with Gasteiger partial charge >= 0.3 is 0 Å². The van der Waals surface area contributed by atoms with Crippen LogP contribution in [0.3, 0.4) is 0 Å². The molecular weight excluding hydrogens is 346 g/mol. The molecule has 0 saturated carbocycles. The lowest BCUT2D eigenvalue weighted by molar-refractivity contribution is -0.124. The van der Waals surface area contributed by atoms with E-state index in [-0.39, 0.29) is 37.5 Å². The van der Waals surface area contributed by atoms with Gasteiger partial charge in [-0.05, 0) is 22.4 Å². The first kappa shape index (κ1) is 17.8. The fourth-order valence-corrected chi connectivity index (χ4v) is 3.46. The van der Waals surface area contributed by atoms with Crippen LogP contribution in [0.1, 0.15) is 17.8 Å². The van der Waals surface area contributed by atoms with E-state index in [1.54, 1.807) is 6.20 Å². The summed E-state index contributed by atoms with van der Waals surface area (Å²) in [4.78, 5) is 28.7. The van der Waals surface area contributed by atoms with Gasteiger partial charge in [0.1, 0.15) is 5.01 Å². The number of amides is 1. The van der Waals surface area contributed by atoms with Crippen LogP contribution in [-0.4, -0.2) is 23.2 Å². The highest BCUT2D eigenvalue weighted by Gasteiger charge is 2.11. The Morgan fingerprint density at radius 3 is 2.77 bits per heavy atom. The summed E-state index contributed by atoms with van der Waals surface area (Å²) >= 11 is 1.47. The molecule has 3 rings (SSSR count). The van der Waals surface area contributed by atoms with Crippen LogP contribution in [0.2, 0.25) is 0 Å². The van der Waals surface area contributed by atoms with Gasteiger partial charge in [0, 0.05) is 19.0 Å². The first-order valence-corrected chi connectivity index (χ1v) is 9.06. The molecule has 0 bridgehead atoms. The Hall–Kier alpha value is -3.04. The second-order valence-corrected chi connectivity index (χ2v) is 6.95. The minimum absolute atomic E-state index is 0.0383. The van der Waals surface area contributed by atoms with Gasteiger partial charge < -0.3 is 5.32 Å². The largest absolute Gasteiger partial charge is 0.349 e. The quantitative estimate of drug-likeness (QED) is 0.696. The SMILES string of the molecule is N#CCCC(=O)CNC(=O)Cc1ncc(-c2ccc3ccccc3c2)s1. The van der Waals surface area contributed by atoms with Gasteiger partial charge in [-0.1, -0.05) is 36.4 Å². The standard InChI is InChI=1S/C20H17N3O2S/c21-9-3-6-17(24)12-22-19(25)11-20-23-13-18(26-20)16-8-7-14-4-1-2-5-15(14)10-16/h1-2,4-5,7-8,10,13H,3,6,11-12H2,(H,22,25). The van der Waals surface area contributed by atoms with Crippen molar-refractivity contribution in [1.29, 1.82) is 5.26 Å². The van der Waals surface area contributed by atoms with Gasteiger partial charge in [-0.15, -0.1) is 11.3 Å². The lowest BCUT2D eigenvalue weighted by Gasteiger charge is -2.02. The number of benzene rings is 2. The van der Waals surface area contributed by atoms with Crippen LogP contribution in [0.25, 0.3) is 21.2 Å². The summed E-state index contributed by atoms with van der Waals surface area (Å²) < 4.78 is 0. The molecule has 5 nitrogen and oxygen atoms in total. The highest BCUT2D eigenvalue weighted by Crippen LogP contribution is 2.29. The Balaban J connectivity index is 1.61.